The second kappa shape index (κ2) is 6.26. The summed E-state index contributed by atoms with van der Waals surface area (Å²) in [5.41, 5.74) is 3.09. The molecular formula is C18H15Cl2NO2. The predicted octanol–water partition coefficient (Wildman–Crippen LogP) is 5.00. The molecule has 1 heterocycles. The van der Waals surface area contributed by atoms with Crippen molar-refractivity contribution in [3.63, 3.8) is 0 Å². The van der Waals surface area contributed by atoms with Gasteiger partial charge in [0, 0.05) is 17.7 Å². The van der Waals surface area contributed by atoms with Crippen LogP contribution in [0.3, 0.4) is 0 Å². The van der Waals surface area contributed by atoms with E-state index in [1.54, 1.807) is 23.1 Å². The predicted molar refractivity (Wildman–Crippen MR) is 95.1 cm³/mol. The minimum atomic E-state index is -0.152. The van der Waals surface area contributed by atoms with Gasteiger partial charge in [0.25, 0.3) is 5.91 Å². The highest BCUT2D eigenvalue weighted by molar-refractivity contribution is 6.38. The van der Waals surface area contributed by atoms with Crippen LogP contribution in [0.1, 0.15) is 24.5 Å². The molecule has 1 aliphatic heterocycles. The lowest BCUT2D eigenvalue weighted by Crippen LogP contribution is -2.26. The summed E-state index contributed by atoms with van der Waals surface area (Å²) in [5, 5.41) is 9.97. The van der Waals surface area contributed by atoms with Gasteiger partial charge in [-0.2, -0.15) is 0 Å². The highest BCUT2D eigenvalue weighted by Gasteiger charge is 2.31. The minimum Gasteiger partial charge on any atom is -0.505 e. The van der Waals surface area contributed by atoms with Crippen molar-refractivity contribution in [3.05, 3.63) is 57.6 Å². The fraction of sp³-hybridized carbons (Fsp3) is 0.167. The Morgan fingerprint density at radius 2 is 1.83 bits per heavy atom. The normalized spacial score (nSPS) is 15.3. The maximum Gasteiger partial charge on any atom is 0.258 e. The molecule has 3 nitrogen and oxygen atoms in total. The van der Waals surface area contributed by atoms with Crippen molar-refractivity contribution in [2.45, 2.75) is 13.3 Å². The molecule has 0 aromatic heterocycles. The Bertz CT molecular complexity index is 791. The van der Waals surface area contributed by atoms with Crippen LogP contribution in [0.4, 0.5) is 5.69 Å². The van der Waals surface area contributed by atoms with E-state index in [1.807, 2.05) is 31.2 Å². The molecule has 0 spiro atoms. The lowest BCUT2D eigenvalue weighted by atomic mass is 10.0. The molecule has 1 N–H and O–H groups in total. The maximum absolute atomic E-state index is 12.7. The van der Waals surface area contributed by atoms with Crippen LogP contribution in [0.2, 0.25) is 10.0 Å². The van der Waals surface area contributed by atoms with Crippen molar-refractivity contribution in [1.29, 1.82) is 0 Å². The van der Waals surface area contributed by atoms with E-state index in [0.717, 1.165) is 17.7 Å². The van der Waals surface area contributed by atoms with E-state index in [1.165, 1.54) is 0 Å². The number of nitrogens with zero attached hydrogens (tertiary/aromatic N) is 1. The van der Waals surface area contributed by atoms with E-state index in [0.29, 0.717) is 17.7 Å². The number of carbonyl (C=O) groups is 1. The number of hydrogen-bond acceptors (Lipinski definition) is 2. The van der Waals surface area contributed by atoms with Gasteiger partial charge in [0.2, 0.25) is 0 Å². The molecule has 2 aromatic carbocycles. The molecule has 0 saturated carbocycles. The van der Waals surface area contributed by atoms with Gasteiger partial charge >= 0.3 is 0 Å². The number of fused-ring (bicyclic) bond motifs is 1. The molecule has 0 saturated heterocycles. The lowest BCUT2D eigenvalue weighted by molar-refractivity contribution is -0.113. The summed E-state index contributed by atoms with van der Waals surface area (Å²) in [5.74, 6) is -0.186. The van der Waals surface area contributed by atoms with Gasteiger partial charge in [0.1, 0.15) is 0 Å². The van der Waals surface area contributed by atoms with Gasteiger partial charge in [0.05, 0.1) is 15.7 Å². The topological polar surface area (TPSA) is 40.5 Å². The molecule has 0 fully saturated rings. The van der Waals surface area contributed by atoms with Crippen LogP contribution in [-0.4, -0.2) is 17.6 Å². The number of benzene rings is 2. The van der Waals surface area contributed by atoms with Crippen molar-refractivity contribution in [1.82, 2.24) is 0 Å². The van der Waals surface area contributed by atoms with Crippen LogP contribution < -0.4 is 4.90 Å². The van der Waals surface area contributed by atoms with Crippen LogP contribution >= 0.6 is 23.2 Å². The van der Waals surface area contributed by atoms with E-state index in [4.69, 9.17) is 23.2 Å². The average Bonchev–Trinajstić information content (AvgIpc) is 2.79. The summed E-state index contributed by atoms with van der Waals surface area (Å²) in [7, 11) is 0. The first-order chi connectivity index (χ1) is 11.0. The van der Waals surface area contributed by atoms with Crippen LogP contribution in [0.5, 0.6) is 5.75 Å². The highest BCUT2D eigenvalue weighted by Crippen LogP contribution is 2.39. The third kappa shape index (κ3) is 2.82. The molecule has 2 aromatic rings. The minimum absolute atomic E-state index is 0.0339. The molecule has 5 heteroatoms. The zero-order chi connectivity index (χ0) is 16.6. The molecule has 3 rings (SSSR count). The zero-order valence-corrected chi connectivity index (χ0v) is 14.0. The Kier molecular flexibility index (Phi) is 4.33. The van der Waals surface area contributed by atoms with E-state index in [-0.39, 0.29) is 21.7 Å². The number of para-hydroxylation sites is 1. The van der Waals surface area contributed by atoms with Crippen LogP contribution in [0.15, 0.2) is 36.4 Å². The number of aromatic hydroxyl groups is 1. The molecule has 0 atom stereocenters. The smallest absolute Gasteiger partial charge is 0.258 e. The number of hydrogen-bond donors (Lipinski definition) is 1. The first kappa shape index (κ1) is 15.9. The molecule has 23 heavy (non-hydrogen) atoms. The maximum atomic E-state index is 12.7. The number of rotatable bonds is 3. The summed E-state index contributed by atoms with van der Waals surface area (Å²) < 4.78 is 0. The zero-order valence-electron chi connectivity index (χ0n) is 12.5. The third-order valence-corrected chi connectivity index (χ3v) is 4.33. The van der Waals surface area contributed by atoms with E-state index in [2.05, 4.69) is 0 Å². The molecule has 0 aliphatic carbocycles. The number of amides is 1. The van der Waals surface area contributed by atoms with Crippen LogP contribution in [0.25, 0.3) is 11.6 Å². The average molecular weight is 348 g/mol. The Morgan fingerprint density at radius 3 is 2.48 bits per heavy atom. The number of phenolic OH excluding ortho intramolecular Hbond substituents is 1. The van der Waals surface area contributed by atoms with Gasteiger partial charge in [-0.3, -0.25) is 4.79 Å². The van der Waals surface area contributed by atoms with Crippen molar-refractivity contribution >= 4 is 46.4 Å². The number of halogens is 2. The van der Waals surface area contributed by atoms with Gasteiger partial charge in [-0.25, -0.2) is 0 Å². The van der Waals surface area contributed by atoms with Crippen LogP contribution in [-0.2, 0) is 4.79 Å². The SMILES string of the molecule is CCCN1C(=O)/C(=C\c2cc(Cl)c(O)c(Cl)c2)c2ccccc21. The molecule has 118 valence electrons. The number of carbonyl (C=O) groups excluding carboxylic acids is 1. The standard InChI is InChI=1S/C18H15Cl2NO2/c1-2-7-21-16-6-4-3-5-12(16)13(18(21)23)8-11-9-14(19)17(22)15(20)10-11/h3-6,8-10,22H,2,7H2,1H3/b13-8-. The van der Waals surface area contributed by atoms with Gasteiger partial charge in [-0.1, -0.05) is 48.3 Å². The molecule has 1 aliphatic rings. The molecule has 1 amide bonds. The Hall–Kier alpha value is -1.97. The van der Waals surface area contributed by atoms with Crippen molar-refractivity contribution in [2.75, 3.05) is 11.4 Å². The molecular weight excluding hydrogens is 333 g/mol. The second-order valence-electron chi connectivity index (χ2n) is 5.37. The fourth-order valence-corrected chi connectivity index (χ4v) is 3.23. The monoisotopic (exact) mass is 347 g/mol. The summed E-state index contributed by atoms with van der Waals surface area (Å²) >= 11 is 11.9. The summed E-state index contributed by atoms with van der Waals surface area (Å²) in [6, 6.07) is 10.9. The van der Waals surface area contributed by atoms with Gasteiger partial charge in [-0.05, 0) is 36.3 Å². The van der Waals surface area contributed by atoms with Gasteiger partial charge in [0.15, 0.2) is 5.75 Å². The summed E-state index contributed by atoms with van der Waals surface area (Å²) in [6.07, 6.45) is 2.64. The molecule has 0 radical (unpaired) electrons. The number of anilines is 1. The third-order valence-electron chi connectivity index (χ3n) is 3.76. The van der Waals surface area contributed by atoms with Crippen molar-refractivity contribution in [3.8, 4) is 5.75 Å². The molecule has 0 bridgehead atoms. The fourth-order valence-electron chi connectivity index (χ4n) is 2.73. The highest BCUT2D eigenvalue weighted by atomic mass is 35.5. The summed E-state index contributed by atoms with van der Waals surface area (Å²) in [4.78, 5) is 14.5. The van der Waals surface area contributed by atoms with Gasteiger partial charge < -0.3 is 10.0 Å². The number of phenols is 1. The first-order valence-corrected chi connectivity index (χ1v) is 8.09. The van der Waals surface area contributed by atoms with Gasteiger partial charge in [-0.15, -0.1) is 0 Å². The van der Waals surface area contributed by atoms with Crippen molar-refractivity contribution < 1.29 is 9.90 Å². The lowest BCUT2D eigenvalue weighted by Gasteiger charge is -2.15. The Morgan fingerprint density at radius 1 is 1.17 bits per heavy atom. The van der Waals surface area contributed by atoms with E-state index >= 15 is 0 Å². The largest absolute Gasteiger partial charge is 0.505 e. The van der Waals surface area contributed by atoms with E-state index in [9.17, 15) is 9.90 Å². The Balaban J connectivity index is 2.11. The van der Waals surface area contributed by atoms with Crippen LogP contribution in [0, 0.1) is 0 Å². The Labute approximate surface area is 144 Å². The molecule has 0 unspecified atom stereocenters. The second-order valence-corrected chi connectivity index (χ2v) is 6.18. The summed E-state index contributed by atoms with van der Waals surface area (Å²) in [6.45, 7) is 2.71. The first-order valence-electron chi connectivity index (χ1n) is 7.34. The quantitative estimate of drug-likeness (QED) is 0.794. The van der Waals surface area contributed by atoms with E-state index < -0.39 is 0 Å². The van der Waals surface area contributed by atoms with Crippen molar-refractivity contribution in [2.24, 2.45) is 0 Å².